The molecule has 1 N–H and O–H groups in total. The normalized spacial score (nSPS) is 15.6. The molecule has 28 heavy (non-hydrogen) atoms. The molecule has 0 atom stereocenters. The van der Waals surface area contributed by atoms with E-state index in [4.69, 9.17) is 5.10 Å². The minimum Gasteiger partial charge on any atom is -0.349 e. The summed E-state index contributed by atoms with van der Waals surface area (Å²) < 4.78 is 1.77. The highest BCUT2D eigenvalue weighted by atomic mass is 16.1. The fraction of sp³-hybridized carbons (Fsp3) is 0.348. The zero-order chi connectivity index (χ0) is 19.2. The molecule has 3 aromatic rings. The third-order valence-corrected chi connectivity index (χ3v) is 5.35. The summed E-state index contributed by atoms with van der Waals surface area (Å²) in [4.78, 5) is 17.4. The minimum atomic E-state index is -0.0494. The first-order valence-corrected chi connectivity index (χ1v) is 10.2. The number of nitrogens with zero attached hydrogens (tertiary/aromatic N) is 3. The van der Waals surface area contributed by atoms with E-state index in [1.54, 1.807) is 17.1 Å². The maximum atomic E-state index is 13.2. The predicted octanol–water partition coefficient (Wildman–Crippen LogP) is 4.78. The van der Waals surface area contributed by atoms with Crippen LogP contribution in [0.2, 0.25) is 0 Å². The van der Waals surface area contributed by atoms with Crippen molar-refractivity contribution in [3.05, 3.63) is 66.6 Å². The summed E-state index contributed by atoms with van der Waals surface area (Å²) in [5.41, 5.74) is 3.04. The molecular weight excluding hydrogens is 348 g/mol. The average molecular weight is 374 g/mol. The van der Waals surface area contributed by atoms with E-state index in [0.29, 0.717) is 11.3 Å². The highest BCUT2D eigenvalue weighted by Crippen LogP contribution is 2.24. The molecule has 4 rings (SSSR count). The van der Waals surface area contributed by atoms with Gasteiger partial charge in [-0.05, 0) is 37.1 Å². The van der Waals surface area contributed by atoms with Gasteiger partial charge in [-0.2, -0.15) is 5.10 Å². The number of para-hydroxylation sites is 1. The van der Waals surface area contributed by atoms with Gasteiger partial charge in [-0.15, -0.1) is 0 Å². The van der Waals surface area contributed by atoms with Gasteiger partial charge >= 0.3 is 0 Å². The molecule has 144 valence electrons. The van der Waals surface area contributed by atoms with E-state index in [9.17, 15) is 4.79 Å². The molecule has 1 amide bonds. The zero-order valence-corrected chi connectivity index (χ0v) is 16.1. The Bertz CT molecular complexity index is 897. The Hall–Kier alpha value is -2.95. The molecule has 1 aliphatic carbocycles. The molecule has 5 heteroatoms. The van der Waals surface area contributed by atoms with Gasteiger partial charge < -0.3 is 5.32 Å². The summed E-state index contributed by atoms with van der Waals surface area (Å²) in [6.07, 6.45) is 13.6. The van der Waals surface area contributed by atoms with Crippen LogP contribution in [0.4, 0.5) is 0 Å². The molecule has 1 fully saturated rings. The molecular formula is C23H26N4O. The topological polar surface area (TPSA) is 59.8 Å². The third kappa shape index (κ3) is 4.30. The molecule has 0 spiro atoms. The average Bonchev–Trinajstić information content (AvgIpc) is 3.17. The van der Waals surface area contributed by atoms with Gasteiger partial charge in [0.25, 0.3) is 5.91 Å². The van der Waals surface area contributed by atoms with Crippen LogP contribution in [0.15, 0.2) is 61.1 Å². The van der Waals surface area contributed by atoms with Crippen molar-refractivity contribution in [2.24, 2.45) is 0 Å². The largest absolute Gasteiger partial charge is 0.349 e. The van der Waals surface area contributed by atoms with E-state index in [1.165, 1.54) is 32.1 Å². The Balaban J connectivity index is 1.64. The second-order valence-corrected chi connectivity index (χ2v) is 7.43. The molecule has 1 aliphatic rings. The van der Waals surface area contributed by atoms with Crippen LogP contribution in [0.3, 0.4) is 0 Å². The highest BCUT2D eigenvalue weighted by Gasteiger charge is 2.21. The Morgan fingerprint density at radius 1 is 0.964 bits per heavy atom. The number of carbonyl (C=O) groups is 1. The van der Waals surface area contributed by atoms with E-state index in [0.717, 1.165) is 24.1 Å². The van der Waals surface area contributed by atoms with Crippen LogP contribution in [-0.2, 0) is 0 Å². The fourth-order valence-corrected chi connectivity index (χ4v) is 3.83. The van der Waals surface area contributed by atoms with Crippen molar-refractivity contribution in [2.75, 3.05) is 0 Å². The third-order valence-electron chi connectivity index (χ3n) is 5.35. The van der Waals surface area contributed by atoms with Gasteiger partial charge in [0.05, 0.1) is 11.3 Å². The van der Waals surface area contributed by atoms with Crippen LogP contribution in [0, 0.1) is 0 Å². The first-order valence-electron chi connectivity index (χ1n) is 10.2. The summed E-state index contributed by atoms with van der Waals surface area (Å²) in [6, 6.07) is 13.9. The van der Waals surface area contributed by atoms with Crippen LogP contribution < -0.4 is 5.32 Å². The van der Waals surface area contributed by atoms with Gasteiger partial charge in [0, 0.05) is 30.2 Å². The number of benzene rings is 1. The molecule has 0 bridgehead atoms. The van der Waals surface area contributed by atoms with Crippen molar-refractivity contribution < 1.29 is 4.79 Å². The number of hydrogen-bond acceptors (Lipinski definition) is 3. The van der Waals surface area contributed by atoms with Gasteiger partial charge in [0.1, 0.15) is 5.69 Å². The van der Waals surface area contributed by atoms with Crippen LogP contribution in [-0.4, -0.2) is 26.7 Å². The second-order valence-electron chi connectivity index (χ2n) is 7.43. The van der Waals surface area contributed by atoms with E-state index in [2.05, 4.69) is 10.3 Å². The first kappa shape index (κ1) is 18.4. The number of carbonyl (C=O) groups excluding carboxylic acids is 1. The Labute approximate surface area is 165 Å². The van der Waals surface area contributed by atoms with Gasteiger partial charge in [-0.25, -0.2) is 4.68 Å². The second kappa shape index (κ2) is 8.83. The number of amides is 1. The van der Waals surface area contributed by atoms with Crippen molar-refractivity contribution in [1.82, 2.24) is 20.1 Å². The molecule has 1 aromatic carbocycles. The van der Waals surface area contributed by atoms with Gasteiger partial charge in [-0.3, -0.25) is 9.78 Å². The molecule has 1 saturated carbocycles. The molecule has 0 saturated heterocycles. The maximum Gasteiger partial charge on any atom is 0.255 e. The Morgan fingerprint density at radius 3 is 2.43 bits per heavy atom. The first-order chi connectivity index (χ1) is 13.8. The van der Waals surface area contributed by atoms with Gasteiger partial charge in [-0.1, -0.05) is 50.3 Å². The summed E-state index contributed by atoms with van der Waals surface area (Å²) in [5, 5.41) is 7.98. The van der Waals surface area contributed by atoms with Crippen molar-refractivity contribution in [3.8, 4) is 16.9 Å². The quantitative estimate of drug-likeness (QED) is 0.715. The lowest BCUT2D eigenvalue weighted by molar-refractivity contribution is 0.0931. The van der Waals surface area contributed by atoms with Gasteiger partial charge in [0.2, 0.25) is 0 Å². The SMILES string of the molecule is O=C(NC1CCCCCCC1)c1cn(-c2ccccc2)nc1-c1cccnc1. The lowest BCUT2D eigenvalue weighted by Gasteiger charge is -2.21. The van der Waals surface area contributed by atoms with E-state index in [1.807, 2.05) is 48.7 Å². The lowest BCUT2D eigenvalue weighted by atomic mass is 9.96. The summed E-state index contributed by atoms with van der Waals surface area (Å²) in [7, 11) is 0. The Morgan fingerprint density at radius 2 is 1.71 bits per heavy atom. The standard InChI is InChI=1S/C23H26N4O/c28-23(25-19-11-5-2-1-3-6-12-19)21-17-27(20-13-7-4-8-14-20)26-22(21)18-10-9-15-24-16-18/h4,7-10,13-17,19H,1-3,5-6,11-12H2,(H,25,28). The molecule has 0 aliphatic heterocycles. The summed E-state index contributed by atoms with van der Waals surface area (Å²) >= 11 is 0. The smallest absolute Gasteiger partial charge is 0.255 e. The number of pyridine rings is 1. The highest BCUT2D eigenvalue weighted by molar-refractivity contribution is 6.00. The lowest BCUT2D eigenvalue weighted by Crippen LogP contribution is -2.35. The predicted molar refractivity (Wildman–Crippen MR) is 110 cm³/mol. The van der Waals surface area contributed by atoms with E-state index < -0.39 is 0 Å². The molecule has 0 radical (unpaired) electrons. The number of nitrogens with one attached hydrogen (secondary N) is 1. The van der Waals surface area contributed by atoms with Crippen LogP contribution in [0.5, 0.6) is 0 Å². The number of hydrogen-bond donors (Lipinski definition) is 1. The van der Waals surface area contributed by atoms with Crippen molar-refractivity contribution in [2.45, 2.75) is 51.0 Å². The molecule has 2 heterocycles. The molecule has 0 unspecified atom stereocenters. The van der Waals surface area contributed by atoms with E-state index in [-0.39, 0.29) is 11.9 Å². The van der Waals surface area contributed by atoms with Crippen LogP contribution >= 0.6 is 0 Å². The number of aromatic nitrogens is 3. The maximum absolute atomic E-state index is 13.2. The van der Waals surface area contributed by atoms with Crippen LogP contribution in [0.1, 0.15) is 55.3 Å². The monoisotopic (exact) mass is 374 g/mol. The van der Waals surface area contributed by atoms with Crippen LogP contribution in [0.25, 0.3) is 16.9 Å². The molecule has 5 nitrogen and oxygen atoms in total. The van der Waals surface area contributed by atoms with Crippen molar-refractivity contribution in [1.29, 1.82) is 0 Å². The molecule has 2 aromatic heterocycles. The van der Waals surface area contributed by atoms with Crippen molar-refractivity contribution >= 4 is 5.91 Å². The summed E-state index contributed by atoms with van der Waals surface area (Å²) in [6.45, 7) is 0. The summed E-state index contributed by atoms with van der Waals surface area (Å²) in [5.74, 6) is -0.0494. The van der Waals surface area contributed by atoms with Crippen molar-refractivity contribution in [3.63, 3.8) is 0 Å². The fourth-order valence-electron chi connectivity index (χ4n) is 3.83. The Kier molecular flexibility index (Phi) is 5.80. The van der Waals surface area contributed by atoms with E-state index >= 15 is 0 Å². The zero-order valence-electron chi connectivity index (χ0n) is 16.1. The minimum absolute atomic E-state index is 0.0494. The number of rotatable bonds is 4. The van der Waals surface area contributed by atoms with Gasteiger partial charge in [0.15, 0.2) is 0 Å².